The Balaban J connectivity index is 1.96. The van der Waals surface area contributed by atoms with E-state index in [0.717, 1.165) is 24.2 Å². The zero-order valence-corrected chi connectivity index (χ0v) is 11.9. The van der Waals surface area contributed by atoms with Crippen LogP contribution in [0.3, 0.4) is 0 Å². The van der Waals surface area contributed by atoms with Crippen LogP contribution in [0.1, 0.15) is 25.7 Å². The summed E-state index contributed by atoms with van der Waals surface area (Å²) in [5, 5.41) is 20.3. The number of nitrogens with zero attached hydrogens (tertiary/aromatic N) is 4. The van der Waals surface area contributed by atoms with Gasteiger partial charge in [-0.1, -0.05) is 18.6 Å². The molecule has 0 amide bonds. The van der Waals surface area contributed by atoms with E-state index >= 15 is 0 Å². The first kappa shape index (κ1) is 15.0. The number of tetrazole rings is 1. The number of methoxy groups -OCH3 is 1. The number of carbonyl (C=O) groups is 1. The number of hydrogen-bond acceptors (Lipinski definition) is 5. The van der Waals surface area contributed by atoms with E-state index in [1.807, 2.05) is 24.3 Å². The summed E-state index contributed by atoms with van der Waals surface area (Å²) in [6.45, 7) is 0.666. The number of ether oxygens (including phenoxy) is 1. The molecule has 7 nitrogen and oxygen atoms in total. The van der Waals surface area contributed by atoms with E-state index in [1.165, 1.54) is 0 Å². The Morgan fingerprint density at radius 2 is 2.19 bits per heavy atom. The molecule has 0 saturated carbocycles. The van der Waals surface area contributed by atoms with Crippen LogP contribution >= 0.6 is 0 Å². The van der Waals surface area contributed by atoms with Gasteiger partial charge in [-0.2, -0.15) is 0 Å². The van der Waals surface area contributed by atoms with Gasteiger partial charge in [0.1, 0.15) is 5.75 Å². The molecule has 0 atom stereocenters. The van der Waals surface area contributed by atoms with Gasteiger partial charge in [0.25, 0.3) is 0 Å². The average molecular weight is 290 g/mol. The summed E-state index contributed by atoms with van der Waals surface area (Å²) in [7, 11) is 1.62. The van der Waals surface area contributed by atoms with Crippen molar-refractivity contribution in [2.24, 2.45) is 0 Å². The van der Waals surface area contributed by atoms with E-state index in [0.29, 0.717) is 18.8 Å². The lowest BCUT2D eigenvalue weighted by molar-refractivity contribution is -0.137. The average Bonchev–Trinajstić information content (AvgIpc) is 2.95. The molecule has 0 bridgehead atoms. The van der Waals surface area contributed by atoms with Gasteiger partial charge in [0.05, 0.1) is 7.11 Å². The van der Waals surface area contributed by atoms with Crippen LogP contribution in [-0.2, 0) is 11.3 Å². The van der Waals surface area contributed by atoms with E-state index < -0.39 is 5.97 Å². The van der Waals surface area contributed by atoms with Gasteiger partial charge in [-0.3, -0.25) is 4.79 Å². The molecule has 0 fully saturated rings. The summed E-state index contributed by atoms with van der Waals surface area (Å²) in [5.41, 5.74) is 0.893. The Bertz CT molecular complexity index is 597. The van der Waals surface area contributed by atoms with Gasteiger partial charge >= 0.3 is 5.97 Å². The van der Waals surface area contributed by atoms with Crippen LogP contribution in [0.5, 0.6) is 5.75 Å². The number of aliphatic carboxylic acids is 1. The topological polar surface area (TPSA) is 90.1 Å². The van der Waals surface area contributed by atoms with Crippen LogP contribution in [0, 0.1) is 0 Å². The Morgan fingerprint density at radius 1 is 1.33 bits per heavy atom. The van der Waals surface area contributed by atoms with Crippen LogP contribution in [0.2, 0.25) is 0 Å². The fraction of sp³-hybridized carbons (Fsp3) is 0.429. The van der Waals surface area contributed by atoms with Crippen molar-refractivity contribution in [3.05, 3.63) is 24.3 Å². The van der Waals surface area contributed by atoms with Crippen LogP contribution in [-0.4, -0.2) is 38.4 Å². The Labute approximate surface area is 122 Å². The number of benzene rings is 1. The normalized spacial score (nSPS) is 10.5. The van der Waals surface area contributed by atoms with E-state index in [2.05, 4.69) is 15.5 Å². The SMILES string of the molecule is COc1cccc(-c2nnnn2CCCCCC(=O)O)c1. The highest BCUT2D eigenvalue weighted by Crippen LogP contribution is 2.21. The van der Waals surface area contributed by atoms with Crippen molar-refractivity contribution in [1.82, 2.24) is 20.2 Å². The Morgan fingerprint density at radius 3 is 2.95 bits per heavy atom. The Hall–Kier alpha value is -2.44. The largest absolute Gasteiger partial charge is 0.497 e. The van der Waals surface area contributed by atoms with Crippen molar-refractivity contribution in [2.75, 3.05) is 7.11 Å². The molecule has 1 aromatic heterocycles. The fourth-order valence-electron chi connectivity index (χ4n) is 2.04. The summed E-state index contributed by atoms with van der Waals surface area (Å²) in [4.78, 5) is 10.4. The van der Waals surface area contributed by atoms with Gasteiger partial charge in [-0.05, 0) is 35.4 Å². The van der Waals surface area contributed by atoms with Gasteiger partial charge in [-0.15, -0.1) is 5.10 Å². The molecular formula is C14H18N4O3. The monoisotopic (exact) mass is 290 g/mol. The van der Waals surface area contributed by atoms with Gasteiger partial charge in [0.2, 0.25) is 0 Å². The standard InChI is InChI=1S/C14H18N4O3/c1-21-12-7-5-6-11(10-12)14-15-16-17-18(14)9-4-2-3-8-13(19)20/h5-7,10H,2-4,8-9H2,1H3,(H,19,20). The maximum atomic E-state index is 10.4. The highest BCUT2D eigenvalue weighted by Gasteiger charge is 2.09. The molecule has 0 unspecified atom stereocenters. The third-order valence-electron chi connectivity index (χ3n) is 3.12. The lowest BCUT2D eigenvalue weighted by Gasteiger charge is -2.06. The van der Waals surface area contributed by atoms with Crippen molar-refractivity contribution in [3.8, 4) is 17.1 Å². The highest BCUT2D eigenvalue weighted by molar-refractivity contribution is 5.66. The fourth-order valence-corrected chi connectivity index (χ4v) is 2.04. The zero-order chi connectivity index (χ0) is 15.1. The van der Waals surface area contributed by atoms with Crippen molar-refractivity contribution in [3.63, 3.8) is 0 Å². The first-order valence-electron chi connectivity index (χ1n) is 6.83. The quantitative estimate of drug-likeness (QED) is 0.748. The van der Waals surface area contributed by atoms with Gasteiger partial charge in [-0.25, -0.2) is 4.68 Å². The van der Waals surface area contributed by atoms with E-state index in [9.17, 15) is 4.79 Å². The third kappa shape index (κ3) is 4.27. The lowest BCUT2D eigenvalue weighted by Crippen LogP contribution is -2.04. The lowest BCUT2D eigenvalue weighted by atomic mass is 10.2. The molecule has 112 valence electrons. The minimum absolute atomic E-state index is 0.207. The van der Waals surface area contributed by atoms with Crippen molar-refractivity contribution in [2.45, 2.75) is 32.2 Å². The summed E-state index contributed by atoms with van der Waals surface area (Å²) >= 11 is 0. The first-order valence-corrected chi connectivity index (χ1v) is 6.83. The predicted octanol–water partition coefficient (Wildman–Crippen LogP) is 1.99. The molecule has 0 aliphatic carbocycles. The molecule has 7 heteroatoms. The molecule has 1 aromatic carbocycles. The number of aromatic nitrogens is 4. The second kappa shape index (κ2) is 7.37. The molecule has 1 heterocycles. The molecular weight excluding hydrogens is 272 g/mol. The van der Waals surface area contributed by atoms with Crippen molar-refractivity contribution >= 4 is 5.97 Å². The van der Waals surface area contributed by atoms with Crippen LogP contribution in [0.15, 0.2) is 24.3 Å². The smallest absolute Gasteiger partial charge is 0.303 e. The minimum atomic E-state index is -0.755. The molecule has 0 saturated heterocycles. The van der Waals surface area contributed by atoms with Crippen molar-refractivity contribution in [1.29, 1.82) is 0 Å². The maximum absolute atomic E-state index is 10.4. The number of carboxylic acids is 1. The molecule has 0 aliphatic heterocycles. The number of carboxylic acid groups (broad SMARTS) is 1. The predicted molar refractivity (Wildman–Crippen MR) is 75.9 cm³/mol. The van der Waals surface area contributed by atoms with E-state index in [4.69, 9.17) is 9.84 Å². The van der Waals surface area contributed by atoms with Crippen molar-refractivity contribution < 1.29 is 14.6 Å². The Kier molecular flexibility index (Phi) is 5.25. The molecule has 2 rings (SSSR count). The van der Waals surface area contributed by atoms with E-state index in [-0.39, 0.29) is 6.42 Å². The van der Waals surface area contributed by atoms with Gasteiger partial charge < -0.3 is 9.84 Å². The maximum Gasteiger partial charge on any atom is 0.303 e. The third-order valence-corrected chi connectivity index (χ3v) is 3.12. The number of aryl methyl sites for hydroxylation is 1. The molecule has 0 spiro atoms. The zero-order valence-electron chi connectivity index (χ0n) is 11.9. The minimum Gasteiger partial charge on any atom is -0.497 e. The second-order valence-electron chi connectivity index (χ2n) is 4.66. The summed E-state index contributed by atoms with van der Waals surface area (Å²) in [6, 6.07) is 7.56. The molecule has 0 radical (unpaired) electrons. The number of unbranched alkanes of at least 4 members (excludes halogenated alkanes) is 2. The number of hydrogen-bond donors (Lipinski definition) is 1. The van der Waals surface area contributed by atoms with Gasteiger partial charge in [0.15, 0.2) is 5.82 Å². The summed E-state index contributed by atoms with van der Waals surface area (Å²) in [5.74, 6) is 0.685. The van der Waals surface area contributed by atoms with Crippen LogP contribution in [0.4, 0.5) is 0 Å². The molecule has 21 heavy (non-hydrogen) atoms. The number of rotatable bonds is 8. The van der Waals surface area contributed by atoms with Gasteiger partial charge in [0, 0.05) is 18.5 Å². The van der Waals surface area contributed by atoms with Crippen LogP contribution in [0.25, 0.3) is 11.4 Å². The van der Waals surface area contributed by atoms with Crippen LogP contribution < -0.4 is 4.74 Å². The summed E-state index contributed by atoms with van der Waals surface area (Å²) < 4.78 is 6.93. The molecule has 2 aromatic rings. The van der Waals surface area contributed by atoms with E-state index in [1.54, 1.807) is 11.8 Å². The summed E-state index contributed by atoms with van der Waals surface area (Å²) in [6.07, 6.45) is 2.56. The second-order valence-corrected chi connectivity index (χ2v) is 4.66. The highest BCUT2D eigenvalue weighted by atomic mass is 16.5. The molecule has 0 aliphatic rings. The molecule has 1 N–H and O–H groups in total. The first-order chi connectivity index (χ1) is 10.2.